The van der Waals surface area contributed by atoms with Crippen LogP contribution in [0.25, 0.3) is 6.08 Å². The molecule has 0 aromatic heterocycles. The summed E-state index contributed by atoms with van der Waals surface area (Å²) in [6, 6.07) is 10.8. The van der Waals surface area contributed by atoms with Gasteiger partial charge in [0.15, 0.2) is 6.61 Å². The van der Waals surface area contributed by atoms with Crippen LogP contribution in [0.1, 0.15) is 11.1 Å². The van der Waals surface area contributed by atoms with Gasteiger partial charge in [-0.15, -0.1) is 0 Å². The molecule has 0 fully saturated rings. The van der Waals surface area contributed by atoms with E-state index in [0.29, 0.717) is 5.02 Å². The average Bonchev–Trinajstić information content (AvgIpc) is 2.61. The van der Waals surface area contributed by atoms with Crippen molar-refractivity contribution in [3.63, 3.8) is 0 Å². The Morgan fingerprint density at radius 1 is 1.27 bits per heavy atom. The number of carbonyl (C=O) groups excluding carboxylic acids is 2. The number of nitro groups is 1. The molecule has 0 saturated heterocycles. The van der Waals surface area contributed by atoms with Crippen LogP contribution in [0, 0.1) is 17.0 Å². The lowest BCUT2D eigenvalue weighted by Gasteiger charge is -2.05. The Balaban J connectivity index is 1.85. The number of ether oxygens (including phenoxy) is 1. The number of nitrogens with zero attached hydrogens (tertiary/aromatic N) is 1. The monoisotopic (exact) mass is 374 g/mol. The molecule has 0 aliphatic carbocycles. The van der Waals surface area contributed by atoms with Gasteiger partial charge in [0.05, 0.1) is 4.92 Å². The topological polar surface area (TPSA) is 98.5 Å². The van der Waals surface area contributed by atoms with Crippen molar-refractivity contribution in [1.29, 1.82) is 0 Å². The summed E-state index contributed by atoms with van der Waals surface area (Å²) in [4.78, 5) is 33.5. The molecule has 2 aromatic rings. The number of nitro benzene ring substituents is 1. The van der Waals surface area contributed by atoms with E-state index in [4.69, 9.17) is 16.3 Å². The predicted molar refractivity (Wildman–Crippen MR) is 97.9 cm³/mol. The number of non-ortho nitro benzene ring substituents is 1. The Morgan fingerprint density at radius 2 is 2.04 bits per heavy atom. The molecule has 26 heavy (non-hydrogen) atoms. The van der Waals surface area contributed by atoms with Crippen LogP contribution >= 0.6 is 11.6 Å². The average molecular weight is 375 g/mol. The van der Waals surface area contributed by atoms with Crippen molar-refractivity contribution in [1.82, 2.24) is 0 Å². The summed E-state index contributed by atoms with van der Waals surface area (Å²) < 4.78 is 4.82. The summed E-state index contributed by atoms with van der Waals surface area (Å²) >= 11 is 5.99. The lowest BCUT2D eigenvalue weighted by molar-refractivity contribution is -0.384. The molecule has 1 N–H and O–H groups in total. The normalized spacial score (nSPS) is 10.5. The number of amides is 1. The second-order valence-electron chi connectivity index (χ2n) is 5.31. The van der Waals surface area contributed by atoms with E-state index in [0.717, 1.165) is 11.1 Å². The molecule has 0 atom stereocenters. The Labute approximate surface area is 154 Å². The third-order valence-corrected chi connectivity index (χ3v) is 3.70. The van der Waals surface area contributed by atoms with Gasteiger partial charge in [0.25, 0.3) is 11.6 Å². The maximum Gasteiger partial charge on any atom is 0.331 e. The maximum atomic E-state index is 11.8. The SMILES string of the molecule is Cc1ccc(/C=C/C(=O)OCC(=O)Nc2cccc([N+](=O)[O-])c2)cc1Cl. The van der Waals surface area contributed by atoms with Gasteiger partial charge in [0.2, 0.25) is 0 Å². The van der Waals surface area contributed by atoms with E-state index in [1.165, 1.54) is 36.4 Å². The molecule has 1 amide bonds. The van der Waals surface area contributed by atoms with Crippen LogP contribution in [0.4, 0.5) is 11.4 Å². The summed E-state index contributed by atoms with van der Waals surface area (Å²) in [5.74, 6) is -1.30. The summed E-state index contributed by atoms with van der Waals surface area (Å²) in [5.41, 5.74) is 1.73. The molecule has 8 heteroatoms. The number of halogens is 1. The highest BCUT2D eigenvalue weighted by atomic mass is 35.5. The third-order valence-electron chi connectivity index (χ3n) is 3.29. The molecule has 0 unspecified atom stereocenters. The molecule has 0 saturated carbocycles. The van der Waals surface area contributed by atoms with Crippen molar-refractivity contribution < 1.29 is 19.2 Å². The number of rotatable bonds is 6. The van der Waals surface area contributed by atoms with Crippen molar-refractivity contribution >= 4 is 40.9 Å². The molecule has 0 spiro atoms. The second-order valence-corrected chi connectivity index (χ2v) is 5.71. The smallest absolute Gasteiger partial charge is 0.331 e. The van der Waals surface area contributed by atoms with E-state index in [-0.39, 0.29) is 11.4 Å². The number of esters is 1. The van der Waals surface area contributed by atoms with E-state index >= 15 is 0 Å². The number of hydrogen-bond donors (Lipinski definition) is 1. The minimum Gasteiger partial charge on any atom is -0.452 e. The number of anilines is 1. The maximum absolute atomic E-state index is 11.8. The molecular formula is C18H15ClN2O5. The Hall–Kier alpha value is -3.19. The molecule has 2 rings (SSSR count). The zero-order valence-corrected chi connectivity index (χ0v) is 14.5. The van der Waals surface area contributed by atoms with Crippen LogP contribution in [0.2, 0.25) is 5.02 Å². The Bertz CT molecular complexity index is 880. The summed E-state index contributed by atoms with van der Waals surface area (Å²) in [7, 11) is 0. The minimum absolute atomic E-state index is 0.153. The van der Waals surface area contributed by atoms with Crippen molar-refractivity contribution in [2.24, 2.45) is 0 Å². The van der Waals surface area contributed by atoms with Crippen molar-refractivity contribution in [2.45, 2.75) is 6.92 Å². The molecule has 2 aromatic carbocycles. The highest BCUT2D eigenvalue weighted by molar-refractivity contribution is 6.31. The lowest BCUT2D eigenvalue weighted by atomic mass is 10.1. The zero-order valence-electron chi connectivity index (χ0n) is 13.8. The fraction of sp³-hybridized carbons (Fsp3) is 0.111. The molecule has 0 heterocycles. The van der Waals surface area contributed by atoms with E-state index in [1.807, 2.05) is 13.0 Å². The lowest BCUT2D eigenvalue weighted by Crippen LogP contribution is -2.20. The largest absolute Gasteiger partial charge is 0.452 e. The van der Waals surface area contributed by atoms with Crippen LogP contribution in [-0.2, 0) is 14.3 Å². The zero-order chi connectivity index (χ0) is 19.1. The van der Waals surface area contributed by atoms with Crippen molar-refractivity contribution in [3.8, 4) is 0 Å². The van der Waals surface area contributed by atoms with Gasteiger partial charge in [-0.1, -0.05) is 29.8 Å². The molecule has 0 aliphatic rings. The van der Waals surface area contributed by atoms with E-state index in [2.05, 4.69) is 5.32 Å². The molecule has 7 nitrogen and oxygen atoms in total. The van der Waals surface area contributed by atoms with Gasteiger partial charge < -0.3 is 10.1 Å². The van der Waals surface area contributed by atoms with Crippen molar-refractivity contribution in [2.75, 3.05) is 11.9 Å². The van der Waals surface area contributed by atoms with Crippen molar-refractivity contribution in [3.05, 3.63) is 74.8 Å². The van der Waals surface area contributed by atoms with Gasteiger partial charge in [-0.25, -0.2) is 4.79 Å². The summed E-state index contributed by atoms with van der Waals surface area (Å²) in [6.45, 7) is 1.35. The number of nitrogens with one attached hydrogen (secondary N) is 1. The Morgan fingerprint density at radius 3 is 2.73 bits per heavy atom. The molecule has 134 valence electrons. The Kier molecular flexibility index (Phi) is 6.46. The van der Waals surface area contributed by atoms with E-state index < -0.39 is 23.4 Å². The standard InChI is InChI=1S/C18H15ClN2O5/c1-12-5-6-13(9-16(12)19)7-8-18(23)26-11-17(22)20-14-3-2-4-15(10-14)21(24)25/h2-10H,11H2,1H3,(H,20,22)/b8-7+. The fourth-order valence-corrected chi connectivity index (χ4v) is 2.15. The van der Waals surface area contributed by atoms with E-state index in [1.54, 1.807) is 12.1 Å². The first-order chi connectivity index (χ1) is 12.3. The highest BCUT2D eigenvalue weighted by Gasteiger charge is 2.09. The number of hydrogen-bond acceptors (Lipinski definition) is 5. The van der Waals surface area contributed by atoms with Crippen LogP contribution in [-0.4, -0.2) is 23.4 Å². The van der Waals surface area contributed by atoms with Gasteiger partial charge in [-0.05, 0) is 36.3 Å². The van der Waals surface area contributed by atoms with Crippen LogP contribution < -0.4 is 5.32 Å². The van der Waals surface area contributed by atoms with Gasteiger partial charge in [0, 0.05) is 28.9 Å². The molecule has 0 radical (unpaired) electrons. The first-order valence-electron chi connectivity index (χ1n) is 7.50. The minimum atomic E-state index is -0.698. The predicted octanol–water partition coefficient (Wildman–Crippen LogP) is 3.75. The number of benzene rings is 2. The second kappa shape index (κ2) is 8.77. The quantitative estimate of drug-likeness (QED) is 0.359. The summed E-state index contributed by atoms with van der Waals surface area (Å²) in [5, 5.41) is 13.7. The first kappa shape index (κ1) is 19.1. The van der Waals surface area contributed by atoms with Gasteiger partial charge in [-0.2, -0.15) is 0 Å². The van der Waals surface area contributed by atoms with Gasteiger partial charge in [0.1, 0.15) is 0 Å². The van der Waals surface area contributed by atoms with Crippen LogP contribution in [0.5, 0.6) is 0 Å². The first-order valence-corrected chi connectivity index (χ1v) is 7.88. The molecular weight excluding hydrogens is 360 g/mol. The molecule has 0 bridgehead atoms. The molecule has 0 aliphatic heterocycles. The fourth-order valence-electron chi connectivity index (χ4n) is 1.96. The van der Waals surface area contributed by atoms with Crippen LogP contribution in [0.3, 0.4) is 0 Å². The van der Waals surface area contributed by atoms with Crippen LogP contribution in [0.15, 0.2) is 48.5 Å². The van der Waals surface area contributed by atoms with E-state index in [9.17, 15) is 19.7 Å². The number of carbonyl (C=O) groups is 2. The summed E-state index contributed by atoms with van der Waals surface area (Å²) in [6.07, 6.45) is 2.70. The van der Waals surface area contributed by atoms with Gasteiger partial charge >= 0.3 is 5.97 Å². The highest BCUT2D eigenvalue weighted by Crippen LogP contribution is 2.18. The number of aryl methyl sites for hydroxylation is 1. The third kappa shape index (κ3) is 5.71. The van der Waals surface area contributed by atoms with Gasteiger partial charge in [-0.3, -0.25) is 14.9 Å².